The summed E-state index contributed by atoms with van der Waals surface area (Å²) in [7, 11) is 0. The van der Waals surface area contributed by atoms with Crippen molar-refractivity contribution in [1.82, 2.24) is 5.32 Å². The number of nitrogens with one attached hydrogen (secondary N) is 1. The highest BCUT2D eigenvalue weighted by Crippen LogP contribution is 2.25. The molecule has 0 aliphatic carbocycles. The summed E-state index contributed by atoms with van der Waals surface area (Å²) >= 11 is 0. The van der Waals surface area contributed by atoms with Crippen LogP contribution in [0.1, 0.15) is 26.7 Å². The fraction of sp³-hybridized carbons (Fsp3) is 0.909. The smallest absolute Gasteiger partial charge is 0.221 e. The molecular formula is C11H22N2O2. The van der Waals surface area contributed by atoms with Crippen molar-refractivity contribution >= 4 is 5.91 Å². The molecule has 3 N–H and O–H groups in total. The average molecular weight is 214 g/mol. The van der Waals surface area contributed by atoms with E-state index in [1.54, 1.807) is 0 Å². The molecule has 1 aliphatic heterocycles. The van der Waals surface area contributed by atoms with Crippen LogP contribution in [0.3, 0.4) is 0 Å². The molecular weight excluding hydrogens is 192 g/mol. The van der Waals surface area contributed by atoms with Gasteiger partial charge < -0.3 is 15.8 Å². The van der Waals surface area contributed by atoms with Gasteiger partial charge in [0.1, 0.15) is 0 Å². The molecule has 1 amide bonds. The number of amides is 1. The topological polar surface area (TPSA) is 64.3 Å². The molecule has 0 aromatic heterocycles. The van der Waals surface area contributed by atoms with Crippen molar-refractivity contribution in [3.05, 3.63) is 0 Å². The van der Waals surface area contributed by atoms with E-state index in [1.165, 1.54) is 0 Å². The van der Waals surface area contributed by atoms with E-state index in [1.807, 2.05) is 0 Å². The molecule has 1 fully saturated rings. The van der Waals surface area contributed by atoms with Crippen molar-refractivity contribution in [3.8, 4) is 0 Å². The van der Waals surface area contributed by atoms with E-state index in [9.17, 15) is 4.79 Å². The minimum atomic E-state index is 0.0481. The number of carbonyl (C=O) groups is 1. The predicted molar refractivity (Wildman–Crippen MR) is 59.4 cm³/mol. The zero-order valence-electron chi connectivity index (χ0n) is 9.66. The highest BCUT2D eigenvalue weighted by atomic mass is 16.5. The zero-order valence-corrected chi connectivity index (χ0v) is 9.66. The van der Waals surface area contributed by atoms with Gasteiger partial charge in [0.2, 0.25) is 5.91 Å². The van der Waals surface area contributed by atoms with E-state index in [-0.39, 0.29) is 5.91 Å². The lowest BCUT2D eigenvalue weighted by Gasteiger charge is -2.22. The van der Waals surface area contributed by atoms with Crippen LogP contribution in [0.5, 0.6) is 0 Å². The maximum absolute atomic E-state index is 11.2. The molecule has 1 heterocycles. The maximum Gasteiger partial charge on any atom is 0.221 e. The van der Waals surface area contributed by atoms with Gasteiger partial charge >= 0.3 is 0 Å². The van der Waals surface area contributed by atoms with Gasteiger partial charge in [-0.05, 0) is 12.3 Å². The zero-order chi connectivity index (χ0) is 11.3. The van der Waals surface area contributed by atoms with Crippen LogP contribution in [0.4, 0.5) is 0 Å². The molecule has 0 aromatic rings. The van der Waals surface area contributed by atoms with Crippen molar-refractivity contribution in [1.29, 1.82) is 0 Å². The Kier molecular flexibility index (Phi) is 5.05. The lowest BCUT2D eigenvalue weighted by molar-refractivity contribution is -0.121. The first kappa shape index (κ1) is 12.5. The van der Waals surface area contributed by atoms with E-state index in [0.717, 1.165) is 19.6 Å². The number of ether oxygens (including phenoxy) is 1. The lowest BCUT2D eigenvalue weighted by Crippen LogP contribution is -2.35. The molecule has 0 bridgehead atoms. The van der Waals surface area contributed by atoms with Gasteiger partial charge in [-0.3, -0.25) is 4.79 Å². The Morgan fingerprint density at radius 1 is 1.60 bits per heavy atom. The third kappa shape index (κ3) is 3.80. The number of hydrogen-bond acceptors (Lipinski definition) is 3. The molecule has 4 nitrogen and oxygen atoms in total. The van der Waals surface area contributed by atoms with Gasteiger partial charge in [0.05, 0.1) is 6.10 Å². The first-order chi connectivity index (χ1) is 7.15. The quantitative estimate of drug-likeness (QED) is 0.701. The third-order valence-electron chi connectivity index (χ3n) is 2.85. The monoisotopic (exact) mass is 214 g/mol. The number of rotatable bonds is 5. The maximum atomic E-state index is 11.2. The summed E-state index contributed by atoms with van der Waals surface area (Å²) in [5.74, 6) is 1.03. The van der Waals surface area contributed by atoms with E-state index in [0.29, 0.717) is 30.9 Å². The van der Waals surface area contributed by atoms with Crippen LogP contribution in [-0.2, 0) is 9.53 Å². The van der Waals surface area contributed by atoms with Crippen molar-refractivity contribution < 1.29 is 9.53 Å². The molecule has 1 rings (SSSR count). The molecule has 88 valence electrons. The normalized spacial score (nSPS) is 25.9. The SMILES string of the molecule is CC(C)C1OCCC1CNC(=O)CCN. The summed E-state index contributed by atoms with van der Waals surface area (Å²) < 4.78 is 5.64. The minimum Gasteiger partial charge on any atom is -0.378 e. The standard InChI is InChI=1S/C11H22N2O2/c1-8(2)11-9(4-6-15-11)7-13-10(14)3-5-12/h8-9,11H,3-7,12H2,1-2H3,(H,13,14). The molecule has 15 heavy (non-hydrogen) atoms. The molecule has 1 saturated heterocycles. The van der Waals surface area contributed by atoms with Crippen LogP contribution in [-0.4, -0.2) is 31.7 Å². The van der Waals surface area contributed by atoms with E-state index >= 15 is 0 Å². The predicted octanol–water partition coefficient (Wildman–Crippen LogP) is 0.513. The molecule has 0 spiro atoms. The minimum absolute atomic E-state index is 0.0481. The Hall–Kier alpha value is -0.610. The summed E-state index contributed by atoms with van der Waals surface area (Å²) in [4.78, 5) is 11.2. The molecule has 0 radical (unpaired) electrons. The van der Waals surface area contributed by atoms with Crippen LogP contribution in [0, 0.1) is 11.8 Å². The van der Waals surface area contributed by atoms with Gasteiger partial charge in [-0.2, -0.15) is 0 Å². The Morgan fingerprint density at radius 2 is 2.33 bits per heavy atom. The second-order valence-electron chi connectivity index (χ2n) is 4.47. The molecule has 2 atom stereocenters. The van der Waals surface area contributed by atoms with Crippen LogP contribution < -0.4 is 11.1 Å². The highest BCUT2D eigenvalue weighted by molar-refractivity contribution is 5.76. The Bertz CT molecular complexity index is 207. The van der Waals surface area contributed by atoms with Gasteiger partial charge in [-0.15, -0.1) is 0 Å². The van der Waals surface area contributed by atoms with Gasteiger partial charge in [0, 0.05) is 32.0 Å². The number of carbonyl (C=O) groups excluding carboxylic acids is 1. The van der Waals surface area contributed by atoms with Crippen LogP contribution in [0.15, 0.2) is 0 Å². The van der Waals surface area contributed by atoms with Crippen molar-refractivity contribution in [2.24, 2.45) is 17.6 Å². The summed E-state index contributed by atoms with van der Waals surface area (Å²) in [5.41, 5.74) is 5.30. The first-order valence-electron chi connectivity index (χ1n) is 5.73. The van der Waals surface area contributed by atoms with Crippen LogP contribution >= 0.6 is 0 Å². The second kappa shape index (κ2) is 6.08. The van der Waals surface area contributed by atoms with Gasteiger partial charge in [-0.1, -0.05) is 13.8 Å². The Labute approximate surface area is 91.5 Å². The van der Waals surface area contributed by atoms with E-state index in [4.69, 9.17) is 10.5 Å². The number of hydrogen-bond donors (Lipinski definition) is 2. The molecule has 0 saturated carbocycles. The average Bonchev–Trinajstić information content (AvgIpc) is 2.63. The summed E-state index contributed by atoms with van der Waals surface area (Å²) in [5, 5.41) is 2.91. The van der Waals surface area contributed by atoms with Gasteiger partial charge in [0.25, 0.3) is 0 Å². The Morgan fingerprint density at radius 3 is 2.93 bits per heavy atom. The van der Waals surface area contributed by atoms with Gasteiger partial charge in [-0.25, -0.2) is 0 Å². The van der Waals surface area contributed by atoms with E-state index < -0.39 is 0 Å². The molecule has 2 unspecified atom stereocenters. The summed E-state index contributed by atoms with van der Waals surface area (Å²) in [6.07, 6.45) is 1.76. The third-order valence-corrected chi connectivity index (χ3v) is 2.85. The van der Waals surface area contributed by atoms with Crippen LogP contribution in [0.2, 0.25) is 0 Å². The molecule has 4 heteroatoms. The van der Waals surface area contributed by atoms with Crippen molar-refractivity contribution in [3.63, 3.8) is 0 Å². The van der Waals surface area contributed by atoms with Crippen molar-refractivity contribution in [2.45, 2.75) is 32.8 Å². The summed E-state index contributed by atoms with van der Waals surface area (Å²) in [6.45, 7) is 6.28. The van der Waals surface area contributed by atoms with Gasteiger partial charge in [0.15, 0.2) is 0 Å². The highest BCUT2D eigenvalue weighted by Gasteiger charge is 2.30. The van der Waals surface area contributed by atoms with E-state index in [2.05, 4.69) is 19.2 Å². The first-order valence-corrected chi connectivity index (χ1v) is 5.73. The van der Waals surface area contributed by atoms with Crippen molar-refractivity contribution in [2.75, 3.05) is 19.7 Å². The molecule has 1 aliphatic rings. The number of nitrogens with two attached hydrogens (primary N) is 1. The molecule has 0 aromatic carbocycles. The second-order valence-corrected chi connectivity index (χ2v) is 4.47. The van der Waals surface area contributed by atoms with Crippen LogP contribution in [0.25, 0.3) is 0 Å². The Balaban J connectivity index is 2.28. The fourth-order valence-corrected chi connectivity index (χ4v) is 2.08. The largest absolute Gasteiger partial charge is 0.378 e. The fourth-order valence-electron chi connectivity index (χ4n) is 2.08. The lowest BCUT2D eigenvalue weighted by atomic mass is 9.93. The summed E-state index contributed by atoms with van der Waals surface area (Å²) in [6, 6.07) is 0.